The molecule has 2 N–H and O–H groups in total. The van der Waals surface area contributed by atoms with Crippen LogP contribution in [0, 0.1) is 18.3 Å². The molecule has 2 aromatic heterocycles. The summed E-state index contributed by atoms with van der Waals surface area (Å²) in [7, 11) is 0. The van der Waals surface area contributed by atoms with Crippen LogP contribution >= 0.6 is 11.6 Å². The molecule has 2 amide bonds. The van der Waals surface area contributed by atoms with E-state index in [0.717, 1.165) is 11.1 Å². The Morgan fingerprint density at radius 3 is 2.64 bits per heavy atom. The zero-order valence-corrected chi connectivity index (χ0v) is 23.2. The lowest BCUT2D eigenvalue weighted by Crippen LogP contribution is -2.33. The summed E-state index contributed by atoms with van der Waals surface area (Å²) in [5.41, 5.74) is 2.40. The Bertz CT molecular complexity index is 1430. The Kier molecular flexibility index (Phi) is 9.90. The van der Waals surface area contributed by atoms with Crippen molar-refractivity contribution in [2.24, 2.45) is 0 Å². The number of alkyl carbamates (subject to hydrolysis) is 1. The zero-order chi connectivity index (χ0) is 28.6. The quantitative estimate of drug-likeness (QED) is 0.387. The first-order valence-corrected chi connectivity index (χ1v) is 12.8. The first-order valence-electron chi connectivity index (χ1n) is 12.4. The molecule has 0 aliphatic rings. The van der Waals surface area contributed by atoms with Gasteiger partial charge in [0, 0.05) is 42.8 Å². The van der Waals surface area contributed by atoms with Crippen molar-refractivity contribution in [2.45, 2.75) is 72.2 Å². The van der Waals surface area contributed by atoms with Gasteiger partial charge in [0.2, 0.25) is 11.8 Å². The number of hydrogen-bond acceptors (Lipinski definition) is 7. The number of pyridine rings is 1. The van der Waals surface area contributed by atoms with Crippen molar-refractivity contribution >= 4 is 23.6 Å². The molecule has 0 aliphatic carbocycles. The lowest BCUT2D eigenvalue weighted by molar-refractivity contribution is -0.120. The van der Waals surface area contributed by atoms with Gasteiger partial charge in [-0.25, -0.2) is 9.78 Å². The third kappa shape index (κ3) is 9.00. The summed E-state index contributed by atoms with van der Waals surface area (Å²) in [5.74, 6) is 0.0150. The summed E-state index contributed by atoms with van der Waals surface area (Å²) in [6.45, 7) is 7.85. The van der Waals surface area contributed by atoms with E-state index in [2.05, 4.69) is 15.6 Å². The van der Waals surface area contributed by atoms with E-state index >= 15 is 0 Å². The van der Waals surface area contributed by atoms with E-state index in [4.69, 9.17) is 26.0 Å². The van der Waals surface area contributed by atoms with Gasteiger partial charge in [0.05, 0.1) is 18.2 Å². The van der Waals surface area contributed by atoms with Gasteiger partial charge >= 0.3 is 6.09 Å². The topological polar surface area (TPSA) is 139 Å². The molecular formula is C28H32ClN5O5. The van der Waals surface area contributed by atoms with Crippen molar-refractivity contribution < 1.29 is 18.7 Å². The van der Waals surface area contributed by atoms with Crippen molar-refractivity contribution in [1.82, 2.24) is 20.2 Å². The second-order valence-electron chi connectivity index (χ2n) is 10.0. The number of amides is 2. The number of rotatable bonds is 10. The number of carbonyl (C=O) groups excluding carboxylic acids is 2. The van der Waals surface area contributed by atoms with Gasteiger partial charge < -0.3 is 24.4 Å². The summed E-state index contributed by atoms with van der Waals surface area (Å²) in [6.07, 6.45) is 3.06. The summed E-state index contributed by atoms with van der Waals surface area (Å²) >= 11 is 6.17. The predicted octanol–water partition coefficient (Wildman–Crippen LogP) is 3.99. The van der Waals surface area contributed by atoms with Gasteiger partial charge in [-0.3, -0.25) is 9.59 Å². The average molecular weight is 554 g/mol. The molecule has 2 heterocycles. The van der Waals surface area contributed by atoms with Crippen LogP contribution in [0.15, 0.2) is 45.9 Å². The number of nitrogens with zero attached hydrogens (tertiary/aromatic N) is 3. The van der Waals surface area contributed by atoms with Crippen LogP contribution in [0.5, 0.6) is 0 Å². The molecule has 1 aromatic carbocycles. The molecule has 0 saturated heterocycles. The molecule has 39 heavy (non-hydrogen) atoms. The summed E-state index contributed by atoms with van der Waals surface area (Å²) in [5, 5.41) is 14.8. The predicted molar refractivity (Wildman–Crippen MR) is 145 cm³/mol. The van der Waals surface area contributed by atoms with Gasteiger partial charge in [-0.15, -0.1) is 0 Å². The van der Waals surface area contributed by atoms with Gasteiger partial charge in [0.15, 0.2) is 0 Å². The molecule has 0 spiro atoms. The molecule has 0 saturated carbocycles. The van der Waals surface area contributed by atoms with Gasteiger partial charge in [-0.05, 0) is 62.6 Å². The highest BCUT2D eigenvalue weighted by Crippen LogP contribution is 2.17. The fourth-order valence-electron chi connectivity index (χ4n) is 3.78. The van der Waals surface area contributed by atoms with Gasteiger partial charge in [-0.2, -0.15) is 5.26 Å². The minimum absolute atomic E-state index is 0.0840. The minimum Gasteiger partial charge on any atom is -0.448 e. The number of carbonyl (C=O) groups is 2. The van der Waals surface area contributed by atoms with Crippen LogP contribution in [-0.2, 0) is 48.4 Å². The molecule has 10 nitrogen and oxygen atoms in total. The van der Waals surface area contributed by atoms with Crippen molar-refractivity contribution in [3.63, 3.8) is 0 Å². The molecule has 0 aliphatic heterocycles. The Labute approximate surface area is 231 Å². The maximum Gasteiger partial charge on any atom is 0.407 e. The van der Waals surface area contributed by atoms with Crippen LogP contribution in [0.1, 0.15) is 54.6 Å². The highest BCUT2D eigenvalue weighted by molar-refractivity contribution is 6.30. The van der Waals surface area contributed by atoms with E-state index in [0.29, 0.717) is 40.7 Å². The van der Waals surface area contributed by atoms with Crippen molar-refractivity contribution in [3.8, 4) is 6.07 Å². The molecular weight excluding hydrogens is 522 g/mol. The normalized spacial score (nSPS) is 11.1. The molecule has 3 rings (SSSR count). The third-order valence-electron chi connectivity index (χ3n) is 5.74. The molecule has 0 radical (unpaired) electrons. The number of halogens is 1. The van der Waals surface area contributed by atoms with Crippen LogP contribution in [0.2, 0.25) is 5.02 Å². The van der Waals surface area contributed by atoms with Gasteiger partial charge in [-0.1, -0.05) is 17.7 Å². The summed E-state index contributed by atoms with van der Waals surface area (Å²) in [6, 6.07) is 8.98. The van der Waals surface area contributed by atoms with Gasteiger partial charge in [0.1, 0.15) is 18.3 Å². The molecule has 0 unspecified atom stereocenters. The van der Waals surface area contributed by atoms with E-state index in [1.807, 2.05) is 6.07 Å². The SMILES string of the molecule is Cc1ccn(CCc2coc(CC#N)n2)c(=O)c1CC(=O)NCc1cc(Cl)ccc1CNC(=O)OC(C)(C)C. The number of ether oxygens (including phenoxy) is 1. The number of aromatic nitrogens is 2. The van der Waals surface area contributed by atoms with Crippen molar-refractivity contribution in [2.75, 3.05) is 0 Å². The fourth-order valence-corrected chi connectivity index (χ4v) is 3.98. The summed E-state index contributed by atoms with van der Waals surface area (Å²) < 4.78 is 12.0. The Morgan fingerprint density at radius 2 is 1.92 bits per heavy atom. The number of benzene rings is 1. The van der Waals surface area contributed by atoms with E-state index in [1.165, 1.54) is 10.8 Å². The molecule has 206 valence electrons. The van der Waals surface area contributed by atoms with E-state index in [-0.39, 0.29) is 37.4 Å². The lowest BCUT2D eigenvalue weighted by atomic mass is 10.1. The van der Waals surface area contributed by atoms with Crippen LogP contribution in [0.25, 0.3) is 0 Å². The van der Waals surface area contributed by atoms with Crippen LogP contribution < -0.4 is 16.2 Å². The highest BCUT2D eigenvalue weighted by atomic mass is 35.5. The Balaban J connectivity index is 1.62. The average Bonchev–Trinajstić information content (AvgIpc) is 3.30. The first kappa shape index (κ1) is 29.5. The number of nitrogens with one attached hydrogen (secondary N) is 2. The van der Waals surface area contributed by atoms with E-state index in [9.17, 15) is 14.4 Å². The minimum atomic E-state index is -0.618. The molecule has 0 fully saturated rings. The molecule has 3 aromatic rings. The number of aryl methyl sites for hydroxylation is 3. The highest BCUT2D eigenvalue weighted by Gasteiger charge is 2.17. The van der Waals surface area contributed by atoms with Crippen LogP contribution in [-0.4, -0.2) is 27.2 Å². The number of oxazole rings is 1. The lowest BCUT2D eigenvalue weighted by Gasteiger charge is -2.20. The van der Waals surface area contributed by atoms with Crippen LogP contribution in [0.3, 0.4) is 0 Å². The standard InChI is InChI=1S/C28H32ClN5O5/c1-18-8-11-34(12-9-22-17-38-25(33-22)7-10-30)26(36)23(18)14-24(35)31-16-20-13-21(29)6-5-19(20)15-32-27(37)39-28(2,3)4/h5-6,8,11,13,17H,7,9,12,14-16H2,1-4H3,(H,31,35)(H,32,37). The van der Waals surface area contributed by atoms with Gasteiger partial charge in [0.25, 0.3) is 5.56 Å². The number of hydrogen-bond donors (Lipinski definition) is 2. The van der Waals surface area contributed by atoms with Crippen LogP contribution in [0.4, 0.5) is 4.79 Å². The van der Waals surface area contributed by atoms with Crippen molar-refractivity contribution in [1.29, 1.82) is 5.26 Å². The third-order valence-corrected chi connectivity index (χ3v) is 5.98. The summed E-state index contributed by atoms with van der Waals surface area (Å²) in [4.78, 5) is 42.2. The maximum absolute atomic E-state index is 13.1. The molecule has 0 bridgehead atoms. The Morgan fingerprint density at radius 1 is 1.18 bits per heavy atom. The molecule has 11 heteroatoms. The smallest absolute Gasteiger partial charge is 0.407 e. The maximum atomic E-state index is 13.1. The zero-order valence-electron chi connectivity index (χ0n) is 22.5. The first-order chi connectivity index (χ1) is 18.4. The molecule has 0 atom stereocenters. The van der Waals surface area contributed by atoms with E-state index < -0.39 is 11.7 Å². The number of nitriles is 1. The largest absolute Gasteiger partial charge is 0.448 e. The fraction of sp³-hybridized carbons (Fsp3) is 0.393. The Hall–Kier alpha value is -4.10. The second kappa shape index (κ2) is 13.1. The van der Waals surface area contributed by atoms with E-state index in [1.54, 1.807) is 58.2 Å². The monoisotopic (exact) mass is 553 g/mol. The second-order valence-corrected chi connectivity index (χ2v) is 10.5. The van der Waals surface area contributed by atoms with Crippen molar-refractivity contribution in [3.05, 3.63) is 85.9 Å².